The summed E-state index contributed by atoms with van der Waals surface area (Å²) in [5.41, 5.74) is 4.15. The molecule has 4 aliphatic rings. The maximum atomic E-state index is 14.5. The van der Waals surface area contributed by atoms with Gasteiger partial charge in [0.15, 0.2) is 5.78 Å². The number of hydrazine groups is 1. The van der Waals surface area contributed by atoms with E-state index in [4.69, 9.17) is 27.9 Å². The fourth-order valence-corrected chi connectivity index (χ4v) is 8.30. The third-order valence-electron chi connectivity index (χ3n) is 9.47. The Balaban J connectivity index is 1.14. The SMILES string of the molecule is O=C(CN(C(=O)c1ccc(Cl)c(Cl)c1)N1C(=O)[C@@H]2C3c4ccccc4C(c4ccccc43)[C@H]2C1=O)c1ccc(OC(=O)c2cccs2)cc1. The Kier molecular flexibility index (Phi) is 7.71. The number of imide groups is 1. The lowest BCUT2D eigenvalue weighted by Crippen LogP contribution is -2.52. The predicted octanol–water partition coefficient (Wildman–Crippen LogP) is 7.41. The summed E-state index contributed by atoms with van der Waals surface area (Å²) in [5, 5.41) is 3.86. The van der Waals surface area contributed by atoms with E-state index in [0.29, 0.717) is 4.88 Å². The van der Waals surface area contributed by atoms with Gasteiger partial charge in [-0.15, -0.1) is 11.3 Å². The molecule has 4 aromatic carbocycles. The molecule has 0 spiro atoms. The molecule has 0 radical (unpaired) electrons. The number of ketones is 1. The van der Waals surface area contributed by atoms with Crippen LogP contribution in [0.5, 0.6) is 5.75 Å². The molecule has 8 nitrogen and oxygen atoms in total. The standard InChI is InChI=1S/C38H24Cl2N2O6S/c39-27-16-13-21(18-28(27)40)35(44)41(19-29(43)20-11-14-22(15-12-20)48-38(47)30-10-5-17-49-30)42-36(45)33-31-23-6-1-2-7-24(23)32(34(33)37(42)46)26-9-4-3-8-25(26)31/h1-18,31-34H,19H2/t31?,32?,33-,34-/m1/s1. The summed E-state index contributed by atoms with van der Waals surface area (Å²) < 4.78 is 5.41. The van der Waals surface area contributed by atoms with Gasteiger partial charge in [-0.05, 0) is 76.2 Å². The summed E-state index contributed by atoms with van der Waals surface area (Å²) in [7, 11) is 0. The molecule has 3 amide bonds. The van der Waals surface area contributed by atoms with Crippen molar-refractivity contribution in [2.45, 2.75) is 11.8 Å². The molecule has 242 valence electrons. The lowest BCUT2D eigenvalue weighted by molar-refractivity contribution is -0.154. The number of carbonyl (C=O) groups excluding carboxylic acids is 5. The van der Waals surface area contributed by atoms with Gasteiger partial charge in [-0.25, -0.2) is 9.80 Å². The minimum Gasteiger partial charge on any atom is -0.422 e. The zero-order valence-corrected chi connectivity index (χ0v) is 27.7. The van der Waals surface area contributed by atoms with Gasteiger partial charge >= 0.3 is 5.97 Å². The molecule has 0 saturated carbocycles. The Morgan fingerprint density at radius 1 is 0.694 bits per heavy atom. The molecule has 2 heterocycles. The normalized spacial score (nSPS) is 20.0. The number of nitrogens with zero attached hydrogens (tertiary/aromatic N) is 2. The maximum Gasteiger partial charge on any atom is 0.353 e. The average Bonchev–Trinajstić information content (AvgIpc) is 3.76. The lowest BCUT2D eigenvalue weighted by Gasteiger charge is -2.45. The molecule has 11 heteroatoms. The lowest BCUT2D eigenvalue weighted by atomic mass is 9.55. The zero-order chi connectivity index (χ0) is 34.0. The van der Waals surface area contributed by atoms with Crippen molar-refractivity contribution in [2.24, 2.45) is 11.8 Å². The summed E-state index contributed by atoms with van der Waals surface area (Å²) in [5.74, 6) is -5.04. The Bertz CT molecular complexity index is 2090. The summed E-state index contributed by atoms with van der Waals surface area (Å²) in [4.78, 5) is 69.9. The molecule has 1 saturated heterocycles. The second-order valence-corrected chi connectivity index (χ2v) is 13.8. The molecular weight excluding hydrogens is 683 g/mol. The van der Waals surface area contributed by atoms with Gasteiger partial charge in [-0.2, -0.15) is 5.01 Å². The number of halogens is 2. The number of carbonyl (C=O) groups is 5. The minimum absolute atomic E-state index is 0.0445. The molecular formula is C38H24Cl2N2O6S. The fourth-order valence-electron chi connectivity index (χ4n) is 7.40. The van der Waals surface area contributed by atoms with Crippen LogP contribution >= 0.6 is 34.5 Å². The van der Waals surface area contributed by atoms with Gasteiger partial charge < -0.3 is 4.74 Å². The van der Waals surface area contributed by atoms with Crippen molar-refractivity contribution < 1.29 is 28.7 Å². The summed E-state index contributed by atoms with van der Waals surface area (Å²) >= 11 is 13.6. The third kappa shape index (κ3) is 5.08. The molecule has 3 aliphatic carbocycles. The van der Waals surface area contributed by atoms with E-state index < -0.39 is 59.7 Å². The molecule has 5 aromatic rings. The number of thiophene rings is 1. The van der Waals surface area contributed by atoms with Crippen molar-refractivity contribution >= 4 is 64.0 Å². The van der Waals surface area contributed by atoms with Crippen LogP contribution in [-0.4, -0.2) is 46.0 Å². The first-order valence-corrected chi connectivity index (χ1v) is 17.1. The Labute approximate surface area is 294 Å². The Hall–Kier alpha value is -5.09. The van der Waals surface area contributed by atoms with Crippen LogP contribution in [0.3, 0.4) is 0 Å². The number of hydrogen-bond acceptors (Lipinski definition) is 7. The summed E-state index contributed by atoms with van der Waals surface area (Å²) in [6, 6.07) is 29.1. The summed E-state index contributed by atoms with van der Waals surface area (Å²) in [6.07, 6.45) is 0. The number of benzene rings is 4. The van der Waals surface area contributed by atoms with E-state index in [-0.39, 0.29) is 26.9 Å². The van der Waals surface area contributed by atoms with E-state index >= 15 is 0 Å². The molecule has 2 bridgehead atoms. The number of hydrogen-bond donors (Lipinski definition) is 0. The van der Waals surface area contributed by atoms with Gasteiger partial charge in [-0.3, -0.25) is 19.2 Å². The van der Waals surface area contributed by atoms with Crippen molar-refractivity contribution in [3.8, 4) is 5.75 Å². The zero-order valence-electron chi connectivity index (χ0n) is 25.4. The van der Waals surface area contributed by atoms with Crippen molar-refractivity contribution in [3.63, 3.8) is 0 Å². The first-order valence-electron chi connectivity index (χ1n) is 15.4. The first kappa shape index (κ1) is 31.2. The molecule has 1 fully saturated rings. The Morgan fingerprint density at radius 3 is 1.76 bits per heavy atom. The molecule has 2 atom stereocenters. The minimum atomic E-state index is -0.767. The van der Waals surface area contributed by atoms with Crippen molar-refractivity contribution in [1.29, 1.82) is 0 Å². The third-order valence-corrected chi connectivity index (χ3v) is 11.1. The highest BCUT2D eigenvalue weighted by atomic mass is 35.5. The van der Waals surface area contributed by atoms with E-state index in [1.54, 1.807) is 17.5 Å². The highest BCUT2D eigenvalue weighted by Gasteiger charge is 2.63. The number of rotatable bonds is 7. The Morgan fingerprint density at radius 2 is 1.24 bits per heavy atom. The molecule has 0 unspecified atom stereocenters. The van der Waals surface area contributed by atoms with Crippen LogP contribution in [0.1, 0.15) is 64.5 Å². The van der Waals surface area contributed by atoms with E-state index in [1.165, 1.54) is 53.8 Å². The van der Waals surface area contributed by atoms with E-state index in [9.17, 15) is 24.0 Å². The molecule has 0 N–H and O–H groups in total. The number of Topliss-reactive ketones (excluding diaryl/α,β-unsaturated/α-hetero) is 1. The van der Waals surface area contributed by atoms with E-state index in [2.05, 4.69) is 0 Å². The number of ether oxygens (including phenoxy) is 1. The first-order chi connectivity index (χ1) is 23.7. The summed E-state index contributed by atoms with van der Waals surface area (Å²) in [6.45, 7) is -0.625. The average molecular weight is 708 g/mol. The molecule has 49 heavy (non-hydrogen) atoms. The van der Waals surface area contributed by atoms with Crippen LogP contribution in [0.15, 0.2) is 109 Å². The van der Waals surface area contributed by atoms with Gasteiger partial charge in [0.1, 0.15) is 17.2 Å². The number of amides is 3. The van der Waals surface area contributed by atoms with E-state index in [0.717, 1.165) is 32.3 Å². The van der Waals surface area contributed by atoms with Crippen molar-refractivity contribution in [2.75, 3.05) is 6.54 Å². The highest BCUT2D eigenvalue weighted by Crippen LogP contribution is 2.61. The van der Waals surface area contributed by atoms with Crippen LogP contribution in [0.25, 0.3) is 0 Å². The van der Waals surface area contributed by atoms with Crippen LogP contribution in [0.2, 0.25) is 10.0 Å². The largest absolute Gasteiger partial charge is 0.422 e. The molecule has 9 rings (SSSR count). The van der Waals surface area contributed by atoms with Crippen LogP contribution in [0.4, 0.5) is 0 Å². The maximum absolute atomic E-state index is 14.5. The van der Waals surface area contributed by atoms with Crippen molar-refractivity contribution in [1.82, 2.24) is 10.0 Å². The second-order valence-electron chi connectivity index (χ2n) is 12.1. The second kappa shape index (κ2) is 12.1. The van der Waals surface area contributed by atoms with Crippen LogP contribution < -0.4 is 4.74 Å². The monoisotopic (exact) mass is 706 g/mol. The predicted molar refractivity (Wildman–Crippen MR) is 183 cm³/mol. The fraction of sp³-hybridized carbons (Fsp3) is 0.132. The van der Waals surface area contributed by atoms with Gasteiger partial charge in [-0.1, -0.05) is 77.8 Å². The van der Waals surface area contributed by atoms with Gasteiger partial charge in [0.25, 0.3) is 17.7 Å². The van der Waals surface area contributed by atoms with Crippen molar-refractivity contribution in [3.05, 3.63) is 157 Å². The topological polar surface area (TPSA) is 101 Å². The van der Waals surface area contributed by atoms with Crippen LogP contribution in [-0.2, 0) is 9.59 Å². The smallest absolute Gasteiger partial charge is 0.353 e. The highest BCUT2D eigenvalue weighted by molar-refractivity contribution is 7.12. The van der Waals surface area contributed by atoms with Gasteiger partial charge in [0.2, 0.25) is 0 Å². The van der Waals surface area contributed by atoms with Crippen LogP contribution in [0, 0.1) is 11.8 Å². The number of esters is 1. The molecule has 1 aromatic heterocycles. The van der Waals surface area contributed by atoms with Gasteiger partial charge in [0.05, 0.1) is 21.9 Å². The molecule has 1 aliphatic heterocycles. The van der Waals surface area contributed by atoms with Gasteiger partial charge in [0, 0.05) is 23.0 Å². The van der Waals surface area contributed by atoms with E-state index in [1.807, 2.05) is 48.5 Å². The quantitative estimate of drug-likeness (QED) is 0.0757.